The molecule has 166 valence electrons. The number of hydrogen-bond acceptors (Lipinski definition) is 6. The number of carbonyl (C=O) groups excluding carboxylic acids is 2. The molecule has 2 aromatic carbocycles. The smallest absolute Gasteiger partial charge is 0.343 e. The summed E-state index contributed by atoms with van der Waals surface area (Å²) in [5.74, 6) is -1.26. The summed E-state index contributed by atoms with van der Waals surface area (Å²) in [5, 5.41) is 11.9. The average molecular weight is 438 g/mol. The van der Waals surface area contributed by atoms with Crippen molar-refractivity contribution in [1.82, 2.24) is 0 Å². The second-order valence-corrected chi connectivity index (χ2v) is 6.40. The topological polar surface area (TPSA) is 97.7 Å². The quantitative estimate of drug-likeness (QED) is 0.260. The van der Waals surface area contributed by atoms with Crippen LogP contribution < -0.4 is 14.8 Å². The number of allylic oxidation sites excluding steroid dienone is 1. The lowest BCUT2D eigenvalue weighted by molar-refractivity contribution is -0.142. The first-order chi connectivity index (χ1) is 15.4. The van der Waals surface area contributed by atoms with Crippen LogP contribution in [0.4, 0.5) is 10.1 Å². The minimum atomic E-state index is -0.758. The summed E-state index contributed by atoms with van der Waals surface area (Å²) in [6.07, 6.45) is 3.37. The number of para-hydroxylation sites is 1. The van der Waals surface area contributed by atoms with Gasteiger partial charge in [-0.3, -0.25) is 4.79 Å². The zero-order chi connectivity index (χ0) is 23.5. The average Bonchev–Trinajstić information content (AvgIpc) is 2.78. The highest BCUT2D eigenvalue weighted by Gasteiger charge is 2.17. The standard InChI is InChI=1S/C24H23FN2O5/c1-4-8-17-11-16(13-21(31-5-2)23(17)32-15-22(28)30-3)12-18(14-26)24(29)27-20-10-7-6-9-19(20)25/h4,6-7,9-13H,1,5,8,15H2,2-3H3,(H,27,29)/b18-12-. The molecule has 0 radical (unpaired) electrons. The van der Waals surface area contributed by atoms with E-state index in [2.05, 4.69) is 16.6 Å². The van der Waals surface area contributed by atoms with Gasteiger partial charge in [-0.1, -0.05) is 18.2 Å². The van der Waals surface area contributed by atoms with Gasteiger partial charge in [-0.15, -0.1) is 6.58 Å². The molecule has 2 aromatic rings. The van der Waals surface area contributed by atoms with Crippen LogP contribution in [-0.4, -0.2) is 32.2 Å². The normalized spacial score (nSPS) is 10.6. The summed E-state index contributed by atoms with van der Waals surface area (Å²) in [4.78, 5) is 24.0. The Labute approximate surface area is 185 Å². The first-order valence-electron chi connectivity index (χ1n) is 9.71. The van der Waals surface area contributed by atoms with E-state index in [9.17, 15) is 19.2 Å². The van der Waals surface area contributed by atoms with Crippen LogP contribution in [0.1, 0.15) is 18.1 Å². The number of nitrogens with zero attached hydrogens (tertiary/aromatic N) is 1. The molecule has 0 aliphatic rings. The highest BCUT2D eigenvalue weighted by molar-refractivity contribution is 6.09. The van der Waals surface area contributed by atoms with E-state index in [0.717, 1.165) is 0 Å². The number of halogens is 1. The molecule has 0 unspecified atom stereocenters. The molecule has 0 aromatic heterocycles. The van der Waals surface area contributed by atoms with E-state index >= 15 is 0 Å². The number of rotatable bonds is 10. The Morgan fingerprint density at radius 2 is 2.00 bits per heavy atom. The van der Waals surface area contributed by atoms with Gasteiger partial charge in [0.1, 0.15) is 17.5 Å². The highest BCUT2D eigenvalue weighted by atomic mass is 19.1. The molecule has 2 rings (SSSR count). The fourth-order valence-corrected chi connectivity index (χ4v) is 2.76. The van der Waals surface area contributed by atoms with Gasteiger partial charge in [0, 0.05) is 5.56 Å². The maximum atomic E-state index is 13.8. The summed E-state index contributed by atoms with van der Waals surface area (Å²) in [6, 6.07) is 10.7. The molecule has 7 nitrogen and oxygen atoms in total. The Bertz CT molecular complexity index is 1070. The summed E-state index contributed by atoms with van der Waals surface area (Å²) in [6.45, 7) is 5.50. The van der Waals surface area contributed by atoms with Gasteiger partial charge in [0.05, 0.1) is 19.4 Å². The second kappa shape index (κ2) is 11.9. The SMILES string of the molecule is C=CCc1cc(/C=C(/C#N)C(=O)Nc2ccccc2F)cc(OCC)c1OCC(=O)OC. The number of anilines is 1. The third-order valence-corrected chi connectivity index (χ3v) is 4.18. The Balaban J connectivity index is 2.43. The minimum Gasteiger partial charge on any atom is -0.490 e. The molecule has 8 heteroatoms. The number of amides is 1. The third-order valence-electron chi connectivity index (χ3n) is 4.18. The highest BCUT2D eigenvalue weighted by Crippen LogP contribution is 2.35. The zero-order valence-electron chi connectivity index (χ0n) is 17.8. The number of benzene rings is 2. The van der Waals surface area contributed by atoms with Gasteiger partial charge in [0.2, 0.25) is 0 Å². The van der Waals surface area contributed by atoms with Crippen molar-refractivity contribution in [3.8, 4) is 17.6 Å². The number of methoxy groups -OCH3 is 1. The minimum absolute atomic E-state index is 0.0347. The molecule has 0 aliphatic carbocycles. The van der Waals surface area contributed by atoms with Gasteiger partial charge in [-0.2, -0.15) is 5.26 Å². The van der Waals surface area contributed by atoms with Crippen LogP contribution in [0.2, 0.25) is 0 Å². The van der Waals surface area contributed by atoms with E-state index in [4.69, 9.17) is 9.47 Å². The molecular weight excluding hydrogens is 415 g/mol. The van der Waals surface area contributed by atoms with Gasteiger partial charge in [0.15, 0.2) is 18.1 Å². The van der Waals surface area contributed by atoms with Gasteiger partial charge < -0.3 is 19.5 Å². The maximum absolute atomic E-state index is 13.8. The van der Waals surface area contributed by atoms with Crippen LogP contribution in [0.3, 0.4) is 0 Å². The van der Waals surface area contributed by atoms with Gasteiger partial charge in [-0.05, 0) is 49.2 Å². The molecule has 0 spiro atoms. The molecule has 0 saturated heterocycles. The van der Waals surface area contributed by atoms with Crippen molar-refractivity contribution in [2.45, 2.75) is 13.3 Å². The maximum Gasteiger partial charge on any atom is 0.343 e. The Morgan fingerprint density at radius 1 is 1.25 bits per heavy atom. The summed E-state index contributed by atoms with van der Waals surface area (Å²) in [5.41, 5.74) is 0.847. The first kappa shape index (κ1) is 24.2. The fraction of sp³-hybridized carbons (Fsp3) is 0.208. The van der Waals surface area contributed by atoms with Crippen LogP contribution in [0.25, 0.3) is 6.08 Å². The van der Waals surface area contributed by atoms with E-state index in [1.807, 2.05) is 6.07 Å². The predicted molar refractivity (Wildman–Crippen MR) is 118 cm³/mol. The Kier molecular flexibility index (Phi) is 8.99. The van der Waals surface area contributed by atoms with Crippen molar-refractivity contribution in [2.75, 3.05) is 25.6 Å². The van der Waals surface area contributed by atoms with E-state index in [-0.39, 0.29) is 17.9 Å². The summed E-state index contributed by atoms with van der Waals surface area (Å²) >= 11 is 0. The molecular formula is C24H23FN2O5. The van der Waals surface area contributed by atoms with Crippen molar-refractivity contribution in [2.24, 2.45) is 0 Å². The molecule has 1 N–H and O–H groups in total. The molecule has 0 fully saturated rings. The van der Waals surface area contributed by atoms with Gasteiger partial charge >= 0.3 is 5.97 Å². The molecule has 32 heavy (non-hydrogen) atoms. The number of ether oxygens (including phenoxy) is 3. The van der Waals surface area contributed by atoms with Crippen LogP contribution in [0.5, 0.6) is 11.5 Å². The largest absolute Gasteiger partial charge is 0.490 e. The molecule has 0 heterocycles. The lowest BCUT2D eigenvalue weighted by Crippen LogP contribution is -2.15. The molecule has 0 atom stereocenters. The third kappa shape index (κ3) is 6.44. The van der Waals surface area contributed by atoms with Crippen molar-refractivity contribution in [1.29, 1.82) is 5.26 Å². The van der Waals surface area contributed by atoms with Crippen molar-refractivity contribution < 1.29 is 28.2 Å². The number of esters is 1. The second-order valence-electron chi connectivity index (χ2n) is 6.40. The lowest BCUT2D eigenvalue weighted by atomic mass is 10.0. The number of nitrogens with one attached hydrogen (secondary N) is 1. The summed E-state index contributed by atoms with van der Waals surface area (Å²) in [7, 11) is 1.25. The van der Waals surface area contributed by atoms with Crippen LogP contribution in [0, 0.1) is 17.1 Å². The predicted octanol–water partition coefficient (Wildman–Crippen LogP) is 4.05. The van der Waals surface area contributed by atoms with E-state index in [1.54, 1.807) is 31.2 Å². The molecule has 0 saturated carbocycles. The van der Waals surface area contributed by atoms with Crippen LogP contribution >= 0.6 is 0 Å². The lowest BCUT2D eigenvalue weighted by Gasteiger charge is -2.16. The van der Waals surface area contributed by atoms with Crippen molar-refractivity contribution in [3.63, 3.8) is 0 Å². The van der Waals surface area contributed by atoms with E-state index < -0.39 is 17.7 Å². The first-order valence-corrected chi connectivity index (χ1v) is 9.71. The molecule has 1 amide bonds. The van der Waals surface area contributed by atoms with Crippen LogP contribution in [-0.2, 0) is 20.7 Å². The Hall–Kier alpha value is -4.12. The molecule has 0 aliphatic heterocycles. The van der Waals surface area contributed by atoms with E-state index in [0.29, 0.717) is 35.7 Å². The molecule has 0 bridgehead atoms. The Morgan fingerprint density at radius 3 is 2.62 bits per heavy atom. The van der Waals surface area contributed by atoms with Gasteiger partial charge in [0.25, 0.3) is 5.91 Å². The number of hydrogen-bond donors (Lipinski definition) is 1. The number of nitriles is 1. The van der Waals surface area contributed by atoms with Gasteiger partial charge in [-0.25, -0.2) is 9.18 Å². The summed E-state index contributed by atoms with van der Waals surface area (Å²) < 4.78 is 29.7. The fourth-order valence-electron chi connectivity index (χ4n) is 2.76. The zero-order valence-corrected chi connectivity index (χ0v) is 17.8. The monoisotopic (exact) mass is 438 g/mol. The van der Waals surface area contributed by atoms with E-state index in [1.165, 1.54) is 31.4 Å². The number of carbonyl (C=O) groups is 2. The van der Waals surface area contributed by atoms with Crippen molar-refractivity contribution >= 4 is 23.6 Å². The van der Waals surface area contributed by atoms with Crippen LogP contribution in [0.15, 0.2) is 54.6 Å². The van der Waals surface area contributed by atoms with Crippen molar-refractivity contribution in [3.05, 3.63) is 71.6 Å².